The minimum Gasteiger partial charge on any atom is -0.482 e. The standard InChI is InChI=1S/C20H18N2O2S.C19H16N2OS/c21-18-12-11-17(25-16-9-5-2-6-10-16)13-19(18)24-14-20(23)22-15-7-3-1-4-8-15;20-18-12-11-16(23-15-9-5-2-6-10-15)13-17(18)19(22)21-14-7-3-1-4-8-14/h1-13H,14,21H2,(H,22,23);1-13H,20H2,(H,21,22). The zero-order valence-electron chi connectivity index (χ0n) is 25.9. The first-order valence-corrected chi connectivity index (χ1v) is 16.7. The molecule has 0 fully saturated rings. The molecule has 0 atom stereocenters. The van der Waals surface area contributed by atoms with E-state index in [0.717, 1.165) is 31.0 Å². The van der Waals surface area contributed by atoms with Gasteiger partial charge in [-0.1, -0.05) is 96.3 Å². The molecular formula is C39H34N4O3S2. The van der Waals surface area contributed by atoms with Gasteiger partial charge in [0.1, 0.15) is 5.75 Å². The van der Waals surface area contributed by atoms with E-state index < -0.39 is 0 Å². The minimum atomic E-state index is -0.230. The molecule has 0 aromatic heterocycles. The summed E-state index contributed by atoms with van der Waals surface area (Å²) in [5, 5.41) is 5.64. The van der Waals surface area contributed by atoms with Gasteiger partial charge in [0, 0.05) is 36.6 Å². The highest BCUT2D eigenvalue weighted by Gasteiger charge is 2.12. The van der Waals surface area contributed by atoms with Crippen molar-refractivity contribution in [1.29, 1.82) is 0 Å². The molecule has 0 aliphatic heterocycles. The summed E-state index contributed by atoms with van der Waals surface area (Å²) in [5.41, 5.74) is 14.9. The van der Waals surface area contributed by atoms with Crippen LogP contribution in [0.3, 0.4) is 0 Å². The molecule has 9 heteroatoms. The van der Waals surface area contributed by atoms with Gasteiger partial charge in [-0.25, -0.2) is 0 Å². The molecule has 6 rings (SSSR count). The summed E-state index contributed by atoms with van der Waals surface area (Å²) < 4.78 is 5.60. The molecule has 48 heavy (non-hydrogen) atoms. The lowest BCUT2D eigenvalue weighted by molar-refractivity contribution is -0.118. The van der Waals surface area contributed by atoms with E-state index in [1.807, 2.05) is 146 Å². The third-order valence-corrected chi connectivity index (χ3v) is 8.66. The first kappa shape index (κ1) is 33.7. The fraction of sp³-hybridized carbons (Fsp3) is 0.0256. The van der Waals surface area contributed by atoms with E-state index in [1.165, 1.54) is 0 Å². The van der Waals surface area contributed by atoms with Crippen LogP contribution >= 0.6 is 23.5 Å². The van der Waals surface area contributed by atoms with E-state index in [-0.39, 0.29) is 18.4 Å². The summed E-state index contributed by atoms with van der Waals surface area (Å²) in [6, 6.07) is 49.7. The molecule has 6 aromatic rings. The van der Waals surface area contributed by atoms with Crippen LogP contribution in [0.15, 0.2) is 177 Å². The Balaban J connectivity index is 0.000000188. The highest BCUT2D eigenvalue weighted by atomic mass is 32.2. The van der Waals surface area contributed by atoms with Crippen molar-refractivity contribution >= 4 is 58.1 Å². The maximum atomic E-state index is 12.4. The number of nitrogen functional groups attached to an aromatic ring is 2. The van der Waals surface area contributed by atoms with Gasteiger partial charge in [0.05, 0.1) is 11.3 Å². The lowest BCUT2D eigenvalue weighted by Gasteiger charge is -2.11. The average Bonchev–Trinajstić information content (AvgIpc) is 3.11. The number of para-hydroxylation sites is 2. The minimum absolute atomic E-state index is 0.0987. The largest absolute Gasteiger partial charge is 0.482 e. The molecule has 0 unspecified atom stereocenters. The smallest absolute Gasteiger partial charge is 0.262 e. The fourth-order valence-corrected chi connectivity index (χ4v) is 6.08. The topological polar surface area (TPSA) is 119 Å². The van der Waals surface area contributed by atoms with E-state index in [9.17, 15) is 9.59 Å². The van der Waals surface area contributed by atoms with Gasteiger partial charge in [0.2, 0.25) is 0 Å². The van der Waals surface area contributed by atoms with Crippen LogP contribution in [0.1, 0.15) is 10.4 Å². The third kappa shape index (κ3) is 10.4. The van der Waals surface area contributed by atoms with E-state index in [4.69, 9.17) is 16.2 Å². The number of ether oxygens (including phenoxy) is 1. The molecule has 0 aliphatic rings. The van der Waals surface area contributed by atoms with E-state index >= 15 is 0 Å². The number of amides is 2. The second-order valence-electron chi connectivity index (χ2n) is 10.3. The highest BCUT2D eigenvalue weighted by molar-refractivity contribution is 7.99. The van der Waals surface area contributed by atoms with E-state index in [0.29, 0.717) is 22.7 Å². The number of hydrogen-bond acceptors (Lipinski definition) is 7. The molecule has 0 bridgehead atoms. The highest BCUT2D eigenvalue weighted by Crippen LogP contribution is 2.33. The van der Waals surface area contributed by atoms with Crippen LogP contribution in [0.2, 0.25) is 0 Å². The number of benzene rings is 6. The monoisotopic (exact) mass is 670 g/mol. The molecule has 2 amide bonds. The second kappa shape index (κ2) is 17.3. The normalized spacial score (nSPS) is 10.2. The van der Waals surface area contributed by atoms with Crippen LogP contribution in [-0.4, -0.2) is 18.4 Å². The number of carbonyl (C=O) groups excluding carboxylic acids is 2. The van der Waals surface area contributed by atoms with Crippen LogP contribution in [-0.2, 0) is 4.79 Å². The molecule has 0 heterocycles. The summed E-state index contributed by atoms with van der Waals surface area (Å²) in [6.45, 7) is -0.0987. The van der Waals surface area contributed by atoms with Gasteiger partial charge in [-0.15, -0.1) is 0 Å². The van der Waals surface area contributed by atoms with Crippen molar-refractivity contribution in [2.45, 2.75) is 19.6 Å². The van der Waals surface area contributed by atoms with Gasteiger partial charge in [-0.2, -0.15) is 0 Å². The summed E-state index contributed by atoms with van der Waals surface area (Å²) in [4.78, 5) is 28.6. The maximum Gasteiger partial charge on any atom is 0.262 e. The Bertz CT molecular complexity index is 1930. The summed E-state index contributed by atoms with van der Waals surface area (Å²) in [7, 11) is 0. The quantitative estimate of drug-likeness (QED) is 0.107. The van der Waals surface area contributed by atoms with Gasteiger partial charge in [0.25, 0.3) is 11.8 Å². The zero-order chi connectivity index (χ0) is 33.6. The summed E-state index contributed by atoms with van der Waals surface area (Å²) in [6.07, 6.45) is 0. The Labute approximate surface area is 288 Å². The van der Waals surface area contributed by atoms with Crippen molar-refractivity contribution in [3.8, 4) is 5.75 Å². The predicted molar refractivity (Wildman–Crippen MR) is 198 cm³/mol. The Morgan fingerprint density at radius 3 is 1.52 bits per heavy atom. The molecule has 0 radical (unpaired) electrons. The van der Waals surface area contributed by atoms with Crippen LogP contribution < -0.4 is 26.8 Å². The number of hydrogen-bond donors (Lipinski definition) is 4. The number of nitrogens with one attached hydrogen (secondary N) is 2. The molecule has 6 aromatic carbocycles. The van der Waals surface area contributed by atoms with Crippen LogP contribution in [0.4, 0.5) is 22.7 Å². The van der Waals surface area contributed by atoms with Crippen molar-refractivity contribution < 1.29 is 14.3 Å². The van der Waals surface area contributed by atoms with Crippen molar-refractivity contribution in [2.24, 2.45) is 0 Å². The lowest BCUT2D eigenvalue weighted by Crippen LogP contribution is -2.20. The van der Waals surface area contributed by atoms with Gasteiger partial charge < -0.3 is 26.8 Å². The van der Waals surface area contributed by atoms with Gasteiger partial charge in [-0.3, -0.25) is 9.59 Å². The van der Waals surface area contributed by atoms with Crippen molar-refractivity contribution in [1.82, 2.24) is 0 Å². The Kier molecular flexibility index (Phi) is 12.2. The molecule has 240 valence electrons. The fourth-order valence-electron chi connectivity index (χ4n) is 4.33. The zero-order valence-corrected chi connectivity index (χ0v) is 27.5. The van der Waals surface area contributed by atoms with Gasteiger partial charge in [-0.05, 0) is 84.9 Å². The number of carbonyl (C=O) groups is 2. The Hall–Kier alpha value is -5.64. The van der Waals surface area contributed by atoms with Crippen molar-refractivity contribution in [3.05, 3.63) is 163 Å². The predicted octanol–water partition coefficient (Wildman–Crippen LogP) is 9.11. The average molecular weight is 671 g/mol. The Morgan fingerprint density at radius 1 is 0.521 bits per heavy atom. The first-order valence-electron chi connectivity index (χ1n) is 15.0. The second-order valence-corrected chi connectivity index (χ2v) is 12.6. The molecule has 0 aliphatic carbocycles. The third-order valence-electron chi connectivity index (χ3n) is 6.66. The summed E-state index contributed by atoms with van der Waals surface area (Å²) >= 11 is 3.21. The molecule has 0 spiro atoms. The maximum absolute atomic E-state index is 12.4. The van der Waals surface area contributed by atoms with Crippen LogP contribution in [0.5, 0.6) is 5.75 Å². The van der Waals surface area contributed by atoms with Crippen molar-refractivity contribution in [3.63, 3.8) is 0 Å². The number of nitrogens with two attached hydrogens (primary N) is 2. The molecule has 0 saturated heterocycles. The number of rotatable bonds is 10. The molecule has 6 N–H and O–H groups in total. The van der Waals surface area contributed by atoms with Gasteiger partial charge in [0.15, 0.2) is 6.61 Å². The van der Waals surface area contributed by atoms with E-state index in [2.05, 4.69) is 10.6 Å². The lowest BCUT2D eigenvalue weighted by atomic mass is 10.1. The summed E-state index contributed by atoms with van der Waals surface area (Å²) in [5.74, 6) is 0.0695. The van der Waals surface area contributed by atoms with Crippen LogP contribution in [0, 0.1) is 0 Å². The van der Waals surface area contributed by atoms with Gasteiger partial charge >= 0.3 is 0 Å². The molecule has 7 nitrogen and oxygen atoms in total. The molecular weight excluding hydrogens is 637 g/mol. The number of anilines is 4. The molecule has 0 saturated carbocycles. The van der Waals surface area contributed by atoms with Crippen molar-refractivity contribution in [2.75, 3.05) is 28.7 Å². The Morgan fingerprint density at radius 2 is 0.979 bits per heavy atom. The van der Waals surface area contributed by atoms with Crippen LogP contribution in [0.25, 0.3) is 0 Å². The first-order chi connectivity index (χ1) is 23.4. The SMILES string of the molecule is Nc1ccc(Sc2ccccc2)cc1C(=O)Nc1ccccc1.Nc1ccc(Sc2ccccc2)cc1OCC(=O)Nc1ccccc1. The van der Waals surface area contributed by atoms with E-state index in [1.54, 1.807) is 35.7 Å².